The van der Waals surface area contributed by atoms with Gasteiger partial charge in [-0.05, 0) is 12.8 Å². The van der Waals surface area contributed by atoms with Gasteiger partial charge in [0.15, 0.2) is 6.29 Å². The Morgan fingerprint density at radius 2 is 0.732 bits per heavy atom. The van der Waals surface area contributed by atoms with Gasteiger partial charge in [-0.1, -0.05) is 296 Å². The van der Waals surface area contributed by atoms with E-state index < -0.39 is 74.2 Å². The molecule has 0 aromatic rings. The van der Waals surface area contributed by atoms with E-state index in [1.807, 2.05) is 0 Å². The van der Waals surface area contributed by atoms with Crippen LogP contribution in [-0.4, -0.2) is 110 Å². The molecule has 0 aromatic heterocycles. The summed E-state index contributed by atoms with van der Waals surface area (Å²) in [6, 6.07) is -1.16. The first-order chi connectivity index (χ1) is 34.7. The van der Waals surface area contributed by atoms with Gasteiger partial charge in [-0.2, -0.15) is 0 Å². The van der Waals surface area contributed by atoms with E-state index in [0.717, 1.165) is 38.5 Å². The van der Waals surface area contributed by atoms with Crippen molar-refractivity contribution in [2.45, 2.75) is 364 Å². The summed E-state index contributed by atoms with van der Waals surface area (Å²) in [5, 5.41) is 76.3. The van der Waals surface area contributed by atoms with Gasteiger partial charge in [-0.25, -0.2) is 0 Å². The number of aliphatic hydroxyl groups excluding tert-OH is 7. The molecule has 0 saturated carbocycles. The lowest BCUT2D eigenvalue weighted by Crippen LogP contribution is -2.60. The average Bonchev–Trinajstić information content (AvgIpc) is 3.37. The normalized spacial score (nSPS) is 20.0. The molecule has 0 aliphatic carbocycles. The summed E-state index contributed by atoms with van der Waals surface area (Å²) in [5.41, 5.74) is 0. The molecule has 11 heteroatoms. The number of amides is 1. The van der Waals surface area contributed by atoms with Gasteiger partial charge in [0.1, 0.15) is 36.6 Å². The molecule has 71 heavy (non-hydrogen) atoms. The first-order valence-corrected chi connectivity index (χ1v) is 30.9. The molecule has 8 N–H and O–H groups in total. The highest BCUT2D eigenvalue weighted by molar-refractivity contribution is 5.80. The largest absolute Gasteiger partial charge is 0.394 e. The Morgan fingerprint density at radius 3 is 1.04 bits per heavy atom. The number of unbranched alkanes of at least 4 members (excludes halogenated alkanes) is 42. The van der Waals surface area contributed by atoms with Crippen LogP contribution in [0.15, 0.2) is 0 Å². The Labute approximate surface area is 437 Å². The minimum Gasteiger partial charge on any atom is -0.394 e. The number of aliphatic hydroxyl groups is 7. The SMILES string of the molecule is CCCCCCCCCCCCCCCCCCCCCCCCCC(O)C(O)C(COC1OC(CO)C(O)C(O)C1O)NC(=O)C(O)CCCCCCCCCCCCCCCCCCCCCCC. The lowest BCUT2D eigenvalue weighted by Gasteiger charge is -2.40. The van der Waals surface area contributed by atoms with E-state index in [9.17, 15) is 40.5 Å². The molecule has 424 valence electrons. The summed E-state index contributed by atoms with van der Waals surface area (Å²) in [6.45, 7) is 3.51. The summed E-state index contributed by atoms with van der Waals surface area (Å²) in [4.78, 5) is 13.2. The van der Waals surface area contributed by atoms with Crippen LogP contribution >= 0.6 is 0 Å². The van der Waals surface area contributed by atoms with Crippen LogP contribution in [-0.2, 0) is 14.3 Å². The highest BCUT2D eigenvalue weighted by Gasteiger charge is 2.44. The molecule has 1 heterocycles. The molecule has 1 aliphatic heterocycles. The van der Waals surface area contributed by atoms with E-state index in [1.54, 1.807) is 0 Å². The van der Waals surface area contributed by atoms with E-state index in [-0.39, 0.29) is 6.42 Å². The second kappa shape index (κ2) is 50.0. The van der Waals surface area contributed by atoms with Crippen molar-refractivity contribution in [3.8, 4) is 0 Å². The van der Waals surface area contributed by atoms with Crippen LogP contribution in [0.2, 0.25) is 0 Å². The fourth-order valence-corrected chi connectivity index (χ4v) is 10.4. The van der Waals surface area contributed by atoms with Crippen LogP contribution in [0.4, 0.5) is 0 Å². The quantitative estimate of drug-likeness (QED) is 0.0272. The standard InChI is InChI=1S/C60H119NO10/c1-3-5-7-9-11-13-15-17-19-21-23-25-26-28-29-31-33-35-37-39-41-43-45-47-52(63)55(65)51(50-70-60-58(68)57(67)56(66)54(49-62)71-60)61-59(69)53(64)48-46-44-42-40-38-36-34-32-30-27-24-22-20-18-16-14-12-10-8-6-4-2/h51-58,60,62-68H,3-50H2,1-2H3,(H,61,69). The van der Waals surface area contributed by atoms with E-state index in [0.29, 0.717) is 19.3 Å². The summed E-state index contributed by atoms with van der Waals surface area (Å²) in [6.07, 6.45) is 45.8. The minimum absolute atomic E-state index is 0.267. The van der Waals surface area contributed by atoms with Crippen molar-refractivity contribution in [1.29, 1.82) is 0 Å². The summed E-state index contributed by atoms with van der Waals surface area (Å²) in [5.74, 6) is -0.689. The Hall–Kier alpha value is -0.890. The zero-order valence-electron chi connectivity index (χ0n) is 46.5. The van der Waals surface area contributed by atoms with Crippen LogP contribution in [0, 0.1) is 0 Å². The second-order valence-electron chi connectivity index (χ2n) is 22.1. The first kappa shape index (κ1) is 68.1. The monoisotopic (exact) mass is 1010 g/mol. The van der Waals surface area contributed by atoms with Gasteiger partial charge in [-0.3, -0.25) is 4.79 Å². The Kier molecular flexibility index (Phi) is 47.9. The van der Waals surface area contributed by atoms with Crippen molar-refractivity contribution in [2.24, 2.45) is 0 Å². The van der Waals surface area contributed by atoms with Gasteiger partial charge in [-0.15, -0.1) is 0 Å². The third-order valence-electron chi connectivity index (χ3n) is 15.4. The molecule has 0 bridgehead atoms. The third kappa shape index (κ3) is 38.3. The van der Waals surface area contributed by atoms with Crippen molar-refractivity contribution in [1.82, 2.24) is 5.32 Å². The van der Waals surface area contributed by atoms with E-state index >= 15 is 0 Å². The van der Waals surface area contributed by atoms with E-state index in [1.165, 1.54) is 231 Å². The number of nitrogens with one attached hydrogen (secondary N) is 1. The smallest absolute Gasteiger partial charge is 0.249 e. The van der Waals surface area contributed by atoms with Crippen molar-refractivity contribution in [3.63, 3.8) is 0 Å². The highest BCUT2D eigenvalue weighted by Crippen LogP contribution is 2.24. The highest BCUT2D eigenvalue weighted by atomic mass is 16.7. The van der Waals surface area contributed by atoms with Gasteiger partial charge in [0, 0.05) is 0 Å². The zero-order chi connectivity index (χ0) is 51.8. The molecule has 11 nitrogen and oxygen atoms in total. The maximum absolute atomic E-state index is 13.2. The van der Waals surface area contributed by atoms with Gasteiger partial charge in [0.2, 0.25) is 5.91 Å². The molecule has 0 radical (unpaired) electrons. The Bertz CT molecular complexity index is 1120. The molecular formula is C60H119NO10. The van der Waals surface area contributed by atoms with Gasteiger partial charge in [0.05, 0.1) is 25.4 Å². The summed E-state index contributed by atoms with van der Waals surface area (Å²) < 4.78 is 11.2. The molecule has 1 fully saturated rings. The molecule has 9 atom stereocenters. The van der Waals surface area contributed by atoms with Crippen molar-refractivity contribution < 1.29 is 50.0 Å². The molecule has 1 amide bonds. The molecule has 1 saturated heterocycles. The lowest BCUT2D eigenvalue weighted by atomic mass is 9.98. The van der Waals surface area contributed by atoms with Crippen LogP contribution < -0.4 is 5.32 Å². The maximum atomic E-state index is 13.2. The number of rotatable bonds is 54. The Balaban J connectivity index is 2.27. The number of carbonyl (C=O) groups excluding carboxylic acids is 1. The predicted molar refractivity (Wildman–Crippen MR) is 293 cm³/mol. The maximum Gasteiger partial charge on any atom is 0.249 e. The molecule has 0 aromatic carbocycles. The van der Waals surface area contributed by atoms with Crippen LogP contribution in [0.1, 0.15) is 309 Å². The first-order valence-electron chi connectivity index (χ1n) is 30.9. The average molecular weight is 1010 g/mol. The zero-order valence-corrected chi connectivity index (χ0v) is 46.5. The number of ether oxygens (including phenoxy) is 2. The Morgan fingerprint density at radius 1 is 0.437 bits per heavy atom. The number of hydrogen-bond acceptors (Lipinski definition) is 10. The third-order valence-corrected chi connectivity index (χ3v) is 15.4. The summed E-state index contributed by atoms with van der Waals surface area (Å²) in [7, 11) is 0. The van der Waals surface area contributed by atoms with Crippen molar-refractivity contribution >= 4 is 5.91 Å². The number of carbonyl (C=O) groups is 1. The van der Waals surface area contributed by atoms with Crippen molar-refractivity contribution in [3.05, 3.63) is 0 Å². The fraction of sp³-hybridized carbons (Fsp3) is 0.983. The molecule has 0 spiro atoms. The fourth-order valence-electron chi connectivity index (χ4n) is 10.4. The van der Waals surface area contributed by atoms with E-state index in [4.69, 9.17) is 9.47 Å². The van der Waals surface area contributed by atoms with Gasteiger partial charge >= 0.3 is 0 Å². The van der Waals surface area contributed by atoms with E-state index in [2.05, 4.69) is 19.2 Å². The van der Waals surface area contributed by atoms with Crippen LogP contribution in [0.3, 0.4) is 0 Å². The number of hydrogen-bond donors (Lipinski definition) is 8. The van der Waals surface area contributed by atoms with Crippen molar-refractivity contribution in [2.75, 3.05) is 13.2 Å². The van der Waals surface area contributed by atoms with Gasteiger partial charge < -0.3 is 50.5 Å². The molecular weight excluding hydrogens is 895 g/mol. The second-order valence-corrected chi connectivity index (χ2v) is 22.1. The van der Waals surface area contributed by atoms with Crippen LogP contribution in [0.25, 0.3) is 0 Å². The topological polar surface area (TPSA) is 189 Å². The molecule has 9 unspecified atom stereocenters. The van der Waals surface area contributed by atoms with Gasteiger partial charge in [0.25, 0.3) is 0 Å². The molecule has 1 rings (SSSR count). The minimum atomic E-state index is -1.66. The molecule has 1 aliphatic rings. The predicted octanol–water partition coefficient (Wildman–Crippen LogP) is 13.4. The van der Waals surface area contributed by atoms with Crippen LogP contribution in [0.5, 0.6) is 0 Å². The lowest BCUT2D eigenvalue weighted by molar-refractivity contribution is -0.303. The summed E-state index contributed by atoms with van der Waals surface area (Å²) >= 11 is 0.